The number of unbranched alkanes of at least 4 members (excludes halogenated alkanes) is 12. The zero-order valence-corrected chi connectivity index (χ0v) is 33.3. The second kappa shape index (κ2) is 40.0. The SMILES string of the molecule is CCCCCCOC(CCC=CC(OCCC)OC(C=CCCC(OCCCCCC)OCCCCCC)OCCC)OCCCCCC. The van der Waals surface area contributed by atoms with Crippen LogP contribution in [0.1, 0.15) is 183 Å². The van der Waals surface area contributed by atoms with Crippen LogP contribution in [0.2, 0.25) is 0 Å². The fourth-order valence-corrected chi connectivity index (χ4v) is 5.16. The minimum atomic E-state index is -0.486. The Bertz CT molecular complexity index is 602. The van der Waals surface area contributed by atoms with Crippen LogP contribution >= 0.6 is 0 Å². The third-order valence-corrected chi connectivity index (χ3v) is 8.17. The molecule has 0 aliphatic carbocycles. The lowest BCUT2D eigenvalue weighted by molar-refractivity contribution is -0.207. The van der Waals surface area contributed by atoms with Gasteiger partial charge in [0.05, 0.1) is 0 Å². The summed E-state index contributed by atoms with van der Waals surface area (Å²) < 4.78 is 43.1. The van der Waals surface area contributed by atoms with E-state index in [1.54, 1.807) is 0 Å². The summed E-state index contributed by atoms with van der Waals surface area (Å²) in [6.07, 6.45) is 31.3. The van der Waals surface area contributed by atoms with Gasteiger partial charge in [-0.3, -0.25) is 0 Å². The first-order chi connectivity index (χ1) is 24.1. The Hall–Kier alpha value is -0.800. The van der Waals surface area contributed by atoms with Crippen LogP contribution in [-0.2, 0) is 33.2 Å². The summed E-state index contributed by atoms with van der Waals surface area (Å²) >= 11 is 0. The van der Waals surface area contributed by atoms with Crippen LogP contribution < -0.4 is 0 Å². The zero-order chi connectivity index (χ0) is 35.9. The molecule has 0 rings (SSSR count). The van der Waals surface area contributed by atoms with Crippen molar-refractivity contribution >= 4 is 0 Å². The second-order valence-corrected chi connectivity index (χ2v) is 13.2. The molecule has 0 saturated carbocycles. The molecule has 0 aliphatic heterocycles. The summed E-state index contributed by atoms with van der Waals surface area (Å²) in [6.45, 7) is 17.4. The van der Waals surface area contributed by atoms with E-state index in [9.17, 15) is 0 Å². The molecule has 0 aromatic rings. The van der Waals surface area contributed by atoms with Crippen LogP contribution in [0.25, 0.3) is 0 Å². The van der Waals surface area contributed by atoms with Crippen LogP contribution in [-0.4, -0.2) is 64.8 Å². The van der Waals surface area contributed by atoms with E-state index in [0.717, 1.165) is 90.6 Å². The fourth-order valence-electron chi connectivity index (χ4n) is 5.16. The Morgan fingerprint density at radius 3 is 0.959 bits per heavy atom. The summed E-state index contributed by atoms with van der Waals surface area (Å²) in [5.74, 6) is 0. The quantitative estimate of drug-likeness (QED) is 0.0358. The van der Waals surface area contributed by atoms with Gasteiger partial charge in [0, 0.05) is 52.5 Å². The highest BCUT2D eigenvalue weighted by Crippen LogP contribution is 2.14. The lowest BCUT2D eigenvalue weighted by atomic mass is 10.2. The molecule has 0 saturated heterocycles. The van der Waals surface area contributed by atoms with E-state index in [4.69, 9.17) is 33.2 Å². The Labute approximate surface area is 304 Å². The van der Waals surface area contributed by atoms with Crippen molar-refractivity contribution in [1.29, 1.82) is 0 Å². The summed E-state index contributed by atoms with van der Waals surface area (Å²) in [5.41, 5.74) is 0. The highest BCUT2D eigenvalue weighted by molar-refractivity contribution is 4.90. The average Bonchev–Trinajstić information content (AvgIpc) is 3.11. The van der Waals surface area contributed by atoms with Crippen LogP contribution in [0.5, 0.6) is 0 Å². The minimum Gasteiger partial charge on any atom is -0.353 e. The fraction of sp³-hybridized carbons (Fsp3) is 0.905. The van der Waals surface area contributed by atoms with Crippen LogP contribution in [0, 0.1) is 0 Å². The lowest BCUT2D eigenvalue weighted by Gasteiger charge is -2.22. The molecular weight excluding hydrogens is 616 g/mol. The Morgan fingerprint density at radius 1 is 0.347 bits per heavy atom. The number of hydrogen-bond donors (Lipinski definition) is 0. The van der Waals surface area contributed by atoms with Crippen molar-refractivity contribution in [3.63, 3.8) is 0 Å². The molecule has 0 radical (unpaired) electrons. The molecule has 0 aliphatic rings. The van der Waals surface area contributed by atoms with Crippen molar-refractivity contribution in [1.82, 2.24) is 0 Å². The molecule has 0 bridgehead atoms. The molecule has 0 amide bonds. The van der Waals surface area contributed by atoms with Gasteiger partial charge in [-0.2, -0.15) is 0 Å². The lowest BCUT2D eigenvalue weighted by Crippen LogP contribution is -2.25. The monoisotopic (exact) mass is 699 g/mol. The predicted molar refractivity (Wildman–Crippen MR) is 206 cm³/mol. The minimum absolute atomic E-state index is 0.170. The van der Waals surface area contributed by atoms with E-state index in [0.29, 0.717) is 13.2 Å². The molecule has 0 aromatic carbocycles. The molecule has 0 fully saturated rings. The van der Waals surface area contributed by atoms with Gasteiger partial charge in [-0.05, 0) is 63.5 Å². The van der Waals surface area contributed by atoms with Gasteiger partial charge in [-0.25, -0.2) is 0 Å². The van der Waals surface area contributed by atoms with Gasteiger partial charge in [0.25, 0.3) is 0 Å². The van der Waals surface area contributed by atoms with E-state index >= 15 is 0 Å². The van der Waals surface area contributed by atoms with Gasteiger partial charge in [0.15, 0.2) is 25.2 Å². The first kappa shape index (κ1) is 48.2. The molecule has 7 nitrogen and oxygen atoms in total. The molecule has 7 heteroatoms. The maximum atomic E-state index is 6.34. The van der Waals surface area contributed by atoms with Gasteiger partial charge in [-0.1, -0.05) is 131 Å². The normalized spacial score (nSPS) is 13.6. The van der Waals surface area contributed by atoms with Gasteiger partial charge in [-0.15, -0.1) is 0 Å². The number of allylic oxidation sites excluding steroid dienone is 2. The molecule has 0 aromatic heterocycles. The highest BCUT2D eigenvalue weighted by Gasteiger charge is 2.15. The topological polar surface area (TPSA) is 64.6 Å². The van der Waals surface area contributed by atoms with E-state index in [-0.39, 0.29) is 12.6 Å². The number of hydrogen-bond acceptors (Lipinski definition) is 7. The van der Waals surface area contributed by atoms with Crippen LogP contribution in [0.3, 0.4) is 0 Å². The maximum absolute atomic E-state index is 6.34. The summed E-state index contributed by atoms with van der Waals surface area (Å²) in [4.78, 5) is 0. The number of rotatable bonds is 40. The third-order valence-electron chi connectivity index (χ3n) is 8.17. The van der Waals surface area contributed by atoms with Crippen LogP contribution in [0.15, 0.2) is 24.3 Å². The molecular formula is C42H82O7. The third kappa shape index (κ3) is 34.1. The van der Waals surface area contributed by atoms with Gasteiger partial charge >= 0.3 is 0 Å². The van der Waals surface area contributed by atoms with E-state index in [1.807, 2.05) is 12.2 Å². The van der Waals surface area contributed by atoms with Gasteiger partial charge < -0.3 is 33.2 Å². The average molecular weight is 699 g/mol. The van der Waals surface area contributed by atoms with Crippen molar-refractivity contribution in [2.24, 2.45) is 0 Å². The molecule has 0 heterocycles. The molecule has 49 heavy (non-hydrogen) atoms. The summed E-state index contributed by atoms with van der Waals surface area (Å²) in [5, 5.41) is 0. The van der Waals surface area contributed by atoms with E-state index in [2.05, 4.69) is 53.7 Å². The largest absolute Gasteiger partial charge is 0.353 e. The van der Waals surface area contributed by atoms with Gasteiger partial charge in [0.2, 0.25) is 0 Å². The molecule has 0 spiro atoms. The standard InChI is InChI=1S/C42H82O7/c1-7-13-17-25-35-45-39(46-36-26-18-14-8-2)29-21-23-31-41(43-33-11-5)49-42(44-34-12-6)32-24-22-30-40(47-37-27-19-15-9-3)48-38-28-20-16-10-4/h23-24,31-32,39-42H,7-22,25-30,33-38H2,1-6H3. The summed E-state index contributed by atoms with van der Waals surface area (Å²) in [7, 11) is 0. The van der Waals surface area contributed by atoms with Crippen molar-refractivity contribution in [3.05, 3.63) is 24.3 Å². The summed E-state index contributed by atoms with van der Waals surface area (Å²) in [6, 6.07) is 0. The maximum Gasteiger partial charge on any atom is 0.180 e. The van der Waals surface area contributed by atoms with Crippen molar-refractivity contribution in [3.8, 4) is 0 Å². The number of ether oxygens (including phenoxy) is 7. The predicted octanol–water partition coefficient (Wildman–Crippen LogP) is 12.2. The van der Waals surface area contributed by atoms with Crippen LogP contribution in [0.4, 0.5) is 0 Å². The molecule has 2 atom stereocenters. The second-order valence-electron chi connectivity index (χ2n) is 13.2. The van der Waals surface area contributed by atoms with Crippen molar-refractivity contribution < 1.29 is 33.2 Å². The first-order valence-electron chi connectivity index (χ1n) is 20.8. The Morgan fingerprint density at radius 2 is 0.673 bits per heavy atom. The molecule has 0 N–H and O–H groups in total. The van der Waals surface area contributed by atoms with Crippen molar-refractivity contribution in [2.45, 2.75) is 208 Å². The Kier molecular flexibility index (Phi) is 39.3. The molecule has 292 valence electrons. The smallest absolute Gasteiger partial charge is 0.180 e. The Balaban J connectivity index is 5.12. The van der Waals surface area contributed by atoms with E-state index < -0.39 is 12.6 Å². The van der Waals surface area contributed by atoms with Crippen molar-refractivity contribution in [2.75, 3.05) is 39.6 Å². The molecule has 2 unspecified atom stereocenters. The first-order valence-corrected chi connectivity index (χ1v) is 20.8. The highest BCUT2D eigenvalue weighted by atomic mass is 16.8. The van der Waals surface area contributed by atoms with Gasteiger partial charge in [0.1, 0.15) is 0 Å². The zero-order valence-electron chi connectivity index (χ0n) is 33.3. The van der Waals surface area contributed by atoms with E-state index in [1.165, 1.54) is 77.0 Å².